The highest BCUT2D eigenvalue weighted by Crippen LogP contribution is 2.18. The van der Waals surface area contributed by atoms with Crippen molar-refractivity contribution in [3.05, 3.63) is 0 Å². The minimum atomic E-state index is -5.13. The van der Waals surface area contributed by atoms with Crippen molar-refractivity contribution in [2.24, 2.45) is 5.73 Å². The highest BCUT2D eigenvalue weighted by molar-refractivity contribution is 5.76. The fourth-order valence-electron chi connectivity index (χ4n) is 0.273. The van der Waals surface area contributed by atoms with Crippen LogP contribution in [0.1, 0.15) is 6.92 Å². The monoisotopic (exact) mass is 182 g/mol. The molecule has 0 bridgehead atoms. The maximum atomic E-state index is 11.5. The fraction of sp³-hybridized carbons (Fsp3) is 0.600. The van der Waals surface area contributed by atoms with Crippen LogP contribution in [0.25, 0.3) is 0 Å². The van der Waals surface area contributed by atoms with Crippen LogP contribution in [0.4, 0.5) is 13.2 Å². The number of hydrogen-bond acceptors (Lipinski definition) is 4. The van der Waals surface area contributed by atoms with E-state index in [1.165, 1.54) is 6.07 Å². The molecule has 0 aliphatic heterocycles. The largest absolute Gasteiger partial charge is 0.491 e. The van der Waals surface area contributed by atoms with Crippen molar-refractivity contribution >= 4 is 5.97 Å². The Kier molecular flexibility index (Phi) is 2.66. The first-order valence-electron chi connectivity index (χ1n) is 2.69. The predicted octanol–water partition coefficient (Wildman–Crippen LogP) is 0.290. The summed E-state index contributed by atoms with van der Waals surface area (Å²) in [6.07, 6.45) is -5.13. The Labute approximate surface area is 65.7 Å². The molecule has 7 heteroatoms. The number of ether oxygens (including phenoxy) is 1. The zero-order valence-corrected chi connectivity index (χ0v) is 5.97. The van der Waals surface area contributed by atoms with E-state index in [1.54, 1.807) is 0 Å². The third-order valence-corrected chi connectivity index (χ3v) is 0.758. The second kappa shape index (κ2) is 2.98. The van der Waals surface area contributed by atoms with Gasteiger partial charge in [-0.3, -0.25) is 5.73 Å². The standard InChI is InChI=1S/C5H5F3N2O2/c1-4(10,2-9)12-3(11)5(6,7)8/h10H2,1H3/t4-/m0/s1. The van der Waals surface area contributed by atoms with Crippen LogP contribution >= 0.6 is 0 Å². The number of esters is 1. The van der Waals surface area contributed by atoms with Gasteiger partial charge in [-0.2, -0.15) is 18.4 Å². The summed E-state index contributed by atoms with van der Waals surface area (Å²) in [7, 11) is 0. The van der Waals surface area contributed by atoms with Crippen LogP contribution in [-0.4, -0.2) is 17.9 Å². The van der Waals surface area contributed by atoms with E-state index in [2.05, 4.69) is 4.74 Å². The lowest BCUT2D eigenvalue weighted by Gasteiger charge is -2.16. The van der Waals surface area contributed by atoms with Gasteiger partial charge in [-0.1, -0.05) is 0 Å². The highest BCUT2D eigenvalue weighted by atomic mass is 19.4. The number of hydrogen-bond donors (Lipinski definition) is 1. The van der Waals surface area contributed by atoms with E-state index in [4.69, 9.17) is 11.0 Å². The van der Waals surface area contributed by atoms with Crippen molar-refractivity contribution in [3.63, 3.8) is 0 Å². The van der Waals surface area contributed by atoms with E-state index in [0.717, 1.165) is 6.92 Å². The summed E-state index contributed by atoms with van der Waals surface area (Å²) < 4.78 is 38.0. The molecule has 0 aromatic rings. The second-order valence-electron chi connectivity index (χ2n) is 2.11. The molecule has 68 valence electrons. The molecule has 0 fully saturated rings. The molecule has 0 aliphatic carbocycles. The third kappa shape index (κ3) is 3.21. The highest BCUT2D eigenvalue weighted by Gasteiger charge is 2.44. The topological polar surface area (TPSA) is 76.1 Å². The maximum absolute atomic E-state index is 11.5. The number of carbonyl (C=O) groups excluding carboxylic acids is 1. The molecule has 0 spiro atoms. The molecular formula is C5H5F3N2O2. The number of carbonyl (C=O) groups is 1. The lowest BCUT2D eigenvalue weighted by atomic mass is 10.3. The molecule has 0 amide bonds. The van der Waals surface area contributed by atoms with E-state index >= 15 is 0 Å². The summed E-state index contributed by atoms with van der Waals surface area (Å²) in [4.78, 5) is 10.1. The van der Waals surface area contributed by atoms with Crippen molar-refractivity contribution in [1.29, 1.82) is 5.26 Å². The molecule has 0 unspecified atom stereocenters. The lowest BCUT2D eigenvalue weighted by molar-refractivity contribution is -0.208. The Balaban J connectivity index is 4.33. The van der Waals surface area contributed by atoms with Crippen LogP contribution < -0.4 is 5.73 Å². The van der Waals surface area contributed by atoms with E-state index in [0.29, 0.717) is 0 Å². The van der Waals surface area contributed by atoms with Gasteiger partial charge in [-0.25, -0.2) is 4.79 Å². The van der Waals surface area contributed by atoms with E-state index < -0.39 is 17.9 Å². The number of rotatable bonds is 1. The molecule has 0 aliphatic rings. The van der Waals surface area contributed by atoms with Gasteiger partial charge in [0.05, 0.1) is 0 Å². The summed E-state index contributed by atoms with van der Waals surface area (Å²) >= 11 is 0. The first-order valence-corrected chi connectivity index (χ1v) is 2.69. The molecule has 4 nitrogen and oxygen atoms in total. The first-order chi connectivity index (χ1) is 5.19. The van der Waals surface area contributed by atoms with Crippen LogP contribution in [0.3, 0.4) is 0 Å². The Morgan fingerprint density at radius 1 is 1.58 bits per heavy atom. The molecule has 0 saturated carbocycles. The molecule has 0 radical (unpaired) electrons. The smallest absolute Gasteiger partial charge is 0.424 e. The van der Waals surface area contributed by atoms with Gasteiger partial charge in [0, 0.05) is 6.92 Å². The summed E-state index contributed by atoms with van der Waals surface area (Å²) in [5, 5.41) is 8.09. The molecule has 0 heterocycles. The van der Waals surface area contributed by atoms with Crippen LogP contribution in [-0.2, 0) is 9.53 Å². The van der Waals surface area contributed by atoms with Crippen molar-refractivity contribution in [2.45, 2.75) is 18.8 Å². The van der Waals surface area contributed by atoms with Gasteiger partial charge in [0.15, 0.2) is 0 Å². The zero-order chi connectivity index (χ0) is 9.99. The normalized spacial score (nSPS) is 16.0. The lowest BCUT2D eigenvalue weighted by Crippen LogP contribution is -2.43. The van der Waals surface area contributed by atoms with Gasteiger partial charge in [-0.05, 0) is 0 Å². The number of nitrogens with zero attached hydrogens (tertiary/aromatic N) is 1. The quantitative estimate of drug-likeness (QED) is 0.467. The molecule has 0 saturated heterocycles. The number of nitriles is 1. The second-order valence-corrected chi connectivity index (χ2v) is 2.11. The van der Waals surface area contributed by atoms with Crippen molar-refractivity contribution < 1.29 is 22.7 Å². The number of alkyl halides is 3. The Morgan fingerprint density at radius 3 is 2.25 bits per heavy atom. The summed E-state index contributed by atoms with van der Waals surface area (Å²) in [5.41, 5.74) is 2.57. The fourth-order valence-corrected chi connectivity index (χ4v) is 0.273. The third-order valence-electron chi connectivity index (χ3n) is 0.758. The number of halogens is 3. The van der Waals surface area contributed by atoms with E-state index in [9.17, 15) is 18.0 Å². The molecule has 2 N–H and O–H groups in total. The van der Waals surface area contributed by atoms with Crippen molar-refractivity contribution in [2.75, 3.05) is 0 Å². The predicted molar refractivity (Wildman–Crippen MR) is 30.4 cm³/mol. The average Bonchev–Trinajstić information content (AvgIpc) is 1.85. The summed E-state index contributed by atoms with van der Waals surface area (Å²) in [5.74, 6) is -2.48. The zero-order valence-electron chi connectivity index (χ0n) is 5.97. The SMILES string of the molecule is C[C@@](N)(C#N)OC(=O)C(F)(F)F. The van der Waals surface area contributed by atoms with Gasteiger partial charge in [0.2, 0.25) is 5.72 Å². The van der Waals surface area contributed by atoms with Crippen molar-refractivity contribution in [1.82, 2.24) is 0 Å². The van der Waals surface area contributed by atoms with Crippen LogP contribution in [0.15, 0.2) is 0 Å². The van der Waals surface area contributed by atoms with Gasteiger partial charge in [0.1, 0.15) is 6.07 Å². The molecule has 12 heavy (non-hydrogen) atoms. The average molecular weight is 182 g/mol. The maximum Gasteiger partial charge on any atom is 0.491 e. The van der Waals surface area contributed by atoms with Gasteiger partial charge < -0.3 is 4.74 Å². The van der Waals surface area contributed by atoms with Gasteiger partial charge in [-0.15, -0.1) is 0 Å². The summed E-state index contributed by atoms with van der Waals surface area (Å²) in [6, 6.07) is 1.18. The molecule has 1 atom stereocenters. The van der Waals surface area contributed by atoms with Crippen molar-refractivity contribution in [3.8, 4) is 6.07 Å². The van der Waals surface area contributed by atoms with E-state index in [-0.39, 0.29) is 0 Å². The number of nitrogens with two attached hydrogens (primary N) is 1. The first kappa shape index (κ1) is 10.7. The molecular weight excluding hydrogens is 177 g/mol. The van der Waals surface area contributed by atoms with Crippen LogP contribution in [0.2, 0.25) is 0 Å². The Hall–Kier alpha value is -1.29. The van der Waals surface area contributed by atoms with Gasteiger partial charge in [0.25, 0.3) is 0 Å². The molecule has 0 aromatic heterocycles. The van der Waals surface area contributed by atoms with Crippen LogP contribution in [0.5, 0.6) is 0 Å². The van der Waals surface area contributed by atoms with Gasteiger partial charge >= 0.3 is 12.1 Å². The Morgan fingerprint density at radius 2 is 2.00 bits per heavy atom. The minimum absolute atomic E-state index is 0.844. The van der Waals surface area contributed by atoms with E-state index in [1.807, 2.05) is 0 Å². The minimum Gasteiger partial charge on any atom is -0.424 e. The Bertz CT molecular complexity index is 228. The van der Waals surface area contributed by atoms with Crippen LogP contribution in [0, 0.1) is 11.3 Å². The molecule has 0 aromatic carbocycles. The molecule has 0 rings (SSSR count). The summed E-state index contributed by atoms with van der Waals surface area (Å²) in [6.45, 7) is 0.844.